The Kier molecular flexibility index (Phi) is 38.4. The highest BCUT2D eigenvalue weighted by atomic mass is 16.6. The summed E-state index contributed by atoms with van der Waals surface area (Å²) in [5.74, 6) is -0.415. The Bertz CT molecular complexity index is 897. The fourth-order valence-corrected chi connectivity index (χ4v) is 4.71. The summed E-state index contributed by atoms with van der Waals surface area (Å²) >= 11 is 0. The van der Waals surface area contributed by atoms with Gasteiger partial charge in [0.15, 0.2) is 0 Å². The quantitative estimate of drug-likeness (QED) is 0.0694. The first-order chi connectivity index (χ1) is 27.1. The zero-order chi connectivity index (χ0) is 39.5. The molecule has 1 aliphatic heterocycles. The highest BCUT2D eigenvalue weighted by Gasteiger charge is 2.22. The summed E-state index contributed by atoms with van der Waals surface area (Å²) < 4.78 is 64.9. The van der Waals surface area contributed by atoms with Crippen molar-refractivity contribution in [3.8, 4) is 0 Å². The molecule has 0 aliphatic carbocycles. The van der Waals surface area contributed by atoms with Gasteiger partial charge in [0, 0.05) is 38.8 Å². The Balaban J connectivity index is 1.64. The van der Waals surface area contributed by atoms with Gasteiger partial charge in [0.25, 0.3) is 11.8 Å². The molecule has 0 aromatic heterocycles. The van der Waals surface area contributed by atoms with E-state index < -0.39 is 0 Å². The van der Waals surface area contributed by atoms with Crippen LogP contribution in [0, 0.1) is 0 Å². The summed E-state index contributed by atoms with van der Waals surface area (Å²) in [6.07, 6.45) is 8.78. The lowest BCUT2D eigenvalue weighted by Crippen LogP contribution is -2.30. The smallest absolute Gasteiger partial charge is 0.253 e. The van der Waals surface area contributed by atoms with E-state index in [2.05, 4.69) is 5.32 Å². The lowest BCUT2D eigenvalue weighted by Gasteiger charge is -2.13. The predicted molar refractivity (Wildman–Crippen MR) is 202 cm³/mol. The van der Waals surface area contributed by atoms with Crippen LogP contribution in [0.4, 0.5) is 0 Å². The van der Waals surface area contributed by atoms with Crippen molar-refractivity contribution in [2.24, 2.45) is 0 Å². The van der Waals surface area contributed by atoms with E-state index >= 15 is 0 Å². The predicted octanol–water partition coefficient (Wildman–Crippen LogP) is 1.59. The van der Waals surface area contributed by atoms with E-state index in [1.807, 2.05) is 0 Å². The Hall–Kier alpha value is -2.13. The van der Waals surface area contributed by atoms with Crippen LogP contribution in [-0.4, -0.2) is 195 Å². The number of carbonyl (C=O) groups excluding carboxylic acids is 3. The zero-order valence-corrected chi connectivity index (χ0v) is 33.4. The van der Waals surface area contributed by atoms with Crippen LogP contribution in [0.25, 0.3) is 0 Å². The molecule has 1 N–H and O–H groups in total. The minimum atomic E-state index is -0.223. The second-order valence-electron chi connectivity index (χ2n) is 12.1. The molecule has 0 radical (unpaired) electrons. The second kappa shape index (κ2) is 41.5. The molecule has 0 atom stereocenters. The van der Waals surface area contributed by atoms with E-state index in [0.717, 1.165) is 38.5 Å². The number of unbranched alkanes of at least 4 members (excludes halogenated alkanes) is 5. The molecule has 0 aromatic rings. The van der Waals surface area contributed by atoms with E-state index in [4.69, 9.17) is 56.8 Å². The Morgan fingerprint density at radius 3 is 1.07 bits per heavy atom. The lowest BCUT2D eigenvalue weighted by atomic mass is 10.1. The molecule has 0 aromatic carbocycles. The molecule has 0 spiro atoms. The van der Waals surface area contributed by atoms with Gasteiger partial charge in [-0.1, -0.05) is 25.7 Å². The Morgan fingerprint density at radius 2 is 0.727 bits per heavy atom. The van der Waals surface area contributed by atoms with Crippen LogP contribution in [0.3, 0.4) is 0 Å². The average molecular weight is 795 g/mol. The van der Waals surface area contributed by atoms with Gasteiger partial charge in [-0.05, 0) is 12.8 Å². The number of rotatable bonds is 45. The van der Waals surface area contributed by atoms with E-state index in [1.54, 1.807) is 7.11 Å². The molecule has 0 fully saturated rings. The van der Waals surface area contributed by atoms with Crippen molar-refractivity contribution >= 4 is 17.7 Å². The van der Waals surface area contributed by atoms with Crippen molar-refractivity contribution in [3.05, 3.63) is 12.2 Å². The molecule has 1 heterocycles. The number of hydrogen-bond donors (Lipinski definition) is 1. The highest BCUT2D eigenvalue weighted by Crippen LogP contribution is 2.10. The molecular formula is C38H70N2O15. The molecule has 3 amide bonds. The molecule has 1 aliphatic rings. The van der Waals surface area contributed by atoms with Crippen LogP contribution in [0.2, 0.25) is 0 Å². The number of amides is 3. The maximum Gasteiger partial charge on any atom is 0.253 e. The summed E-state index contributed by atoms with van der Waals surface area (Å²) in [5, 5.41) is 2.87. The third kappa shape index (κ3) is 36.0. The van der Waals surface area contributed by atoms with Crippen molar-refractivity contribution in [1.82, 2.24) is 10.2 Å². The van der Waals surface area contributed by atoms with Gasteiger partial charge >= 0.3 is 0 Å². The first kappa shape index (κ1) is 50.9. The minimum Gasteiger partial charge on any atom is -0.382 e. The summed E-state index contributed by atoms with van der Waals surface area (Å²) in [6, 6.07) is 0. The van der Waals surface area contributed by atoms with Crippen LogP contribution in [0.15, 0.2) is 12.2 Å². The third-order valence-corrected chi connectivity index (χ3v) is 7.66. The van der Waals surface area contributed by atoms with Gasteiger partial charge in [-0.15, -0.1) is 0 Å². The largest absolute Gasteiger partial charge is 0.382 e. The summed E-state index contributed by atoms with van der Waals surface area (Å²) in [7, 11) is 1.64. The van der Waals surface area contributed by atoms with E-state index in [9.17, 15) is 14.4 Å². The van der Waals surface area contributed by atoms with Gasteiger partial charge < -0.3 is 62.2 Å². The average Bonchev–Trinajstić information content (AvgIpc) is 3.51. The fraction of sp³-hybridized carbons (Fsp3) is 0.868. The van der Waals surface area contributed by atoms with Gasteiger partial charge in [-0.3, -0.25) is 19.3 Å². The van der Waals surface area contributed by atoms with Crippen molar-refractivity contribution in [2.75, 3.05) is 172 Å². The van der Waals surface area contributed by atoms with Gasteiger partial charge in [0.05, 0.1) is 152 Å². The van der Waals surface area contributed by atoms with Crippen LogP contribution in [0.1, 0.15) is 44.9 Å². The first-order valence-corrected chi connectivity index (χ1v) is 19.8. The van der Waals surface area contributed by atoms with Gasteiger partial charge in [0.1, 0.15) is 0 Å². The molecule has 0 unspecified atom stereocenters. The molecule has 17 heteroatoms. The number of methoxy groups -OCH3 is 1. The van der Waals surface area contributed by atoms with Gasteiger partial charge in [0.2, 0.25) is 5.91 Å². The van der Waals surface area contributed by atoms with Gasteiger partial charge in [-0.25, -0.2) is 0 Å². The van der Waals surface area contributed by atoms with Crippen LogP contribution >= 0.6 is 0 Å². The molecule has 0 bridgehead atoms. The third-order valence-electron chi connectivity index (χ3n) is 7.66. The maximum atomic E-state index is 12.0. The number of ether oxygens (including phenoxy) is 12. The summed E-state index contributed by atoms with van der Waals surface area (Å²) in [6.45, 7) is 12.5. The zero-order valence-electron chi connectivity index (χ0n) is 33.4. The van der Waals surface area contributed by atoms with Crippen LogP contribution in [-0.2, 0) is 71.2 Å². The number of nitrogens with one attached hydrogen (secondary N) is 1. The van der Waals surface area contributed by atoms with Gasteiger partial charge in [-0.2, -0.15) is 0 Å². The monoisotopic (exact) mass is 794 g/mol. The standard InChI is InChI=1S/C38H70N2O15/c1-44-14-15-46-18-19-48-22-23-50-26-27-52-30-31-54-34-35-55-33-32-53-29-28-51-25-24-49-21-20-47-17-16-45-13-11-39-36(41)8-6-4-2-3-5-7-12-40-37(42)9-10-38(40)43/h9-10H,2-8,11-35H2,1H3,(H,39,41). The maximum absolute atomic E-state index is 12.0. The molecule has 17 nitrogen and oxygen atoms in total. The second-order valence-corrected chi connectivity index (χ2v) is 12.1. The summed E-state index contributed by atoms with van der Waals surface area (Å²) in [5.41, 5.74) is 0. The van der Waals surface area contributed by atoms with Crippen LogP contribution in [0.5, 0.6) is 0 Å². The molecular weight excluding hydrogens is 724 g/mol. The van der Waals surface area contributed by atoms with Crippen LogP contribution < -0.4 is 5.32 Å². The molecule has 55 heavy (non-hydrogen) atoms. The van der Waals surface area contributed by atoms with Crippen molar-refractivity contribution in [1.29, 1.82) is 0 Å². The molecule has 0 saturated heterocycles. The van der Waals surface area contributed by atoms with E-state index in [1.165, 1.54) is 17.1 Å². The molecule has 322 valence electrons. The first-order valence-electron chi connectivity index (χ1n) is 19.8. The summed E-state index contributed by atoms with van der Waals surface area (Å²) in [4.78, 5) is 36.2. The topological polar surface area (TPSA) is 177 Å². The number of imide groups is 1. The number of hydrogen-bond acceptors (Lipinski definition) is 15. The number of carbonyl (C=O) groups is 3. The fourth-order valence-electron chi connectivity index (χ4n) is 4.71. The highest BCUT2D eigenvalue weighted by molar-refractivity contribution is 6.12. The van der Waals surface area contributed by atoms with E-state index in [0.29, 0.717) is 171 Å². The SMILES string of the molecule is COCCOCCOCCOCCOCCOCCOCCOCCOCCOCCOCCOCCNC(=O)CCCCCCCCN1C(=O)C=CC1=O. The molecule has 1 rings (SSSR count). The number of nitrogens with zero attached hydrogens (tertiary/aromatic N) is 1. The lowest BCUT2D eigenvalue weighted by molar-refractivity contribution is -0.136. The van der Waals surface area contributed by atoms with Crippen molar-refractivity contribution < 1.29 is 71.2 Å². The normalized spacial score (nSPS) is 12.8. The Morgan fingerprint density at radius 1 is 0.436 bits per heavy atom. The Labute approximate surface area is 328 Å². The van der Waals surface area contributed by atoms with Crippen molar-refractivity contribution in [3.63, 3.8) is 0 Å². The van der Waals surface area contributed by atoms with Crippen molar-refractivity contribution in [2.45, 2.75) is 44.9 Å². The molecule has 0 saturated carbocycles. The van der Waals surface area contributed by atoms with E-state index in [-0.39, 0.29) is 17.7 Å². The minimum absolute atomic E-state index is 0.0302.